The summed E-state index contributed by atoms with van der Waals surface area (Å²) in [6.45, 7) is 5.99. The number of aryl methyl sites for hydroxylation is 1. The maximum absolute atomic E-state index is 12.3. The fourth-order valence-electron chi connectivity index (χ4n) is 2.02. The Bertz CT molecular complexity index is 766. The number of anilines is 1. The summed E-state index contributed by atoms with van der Waals surface area (Å²) in [7, 11) is 0. The van der Waals surface area contributed by atoms with Gasteiger partial charge < -0.3 is 5.32 Å². The molecule has 0 saturated carbocycles. The Balaban J connectivity index is 0.000000924. The van der Waals surface area contributed by atoms with Gasteiger partial charge in [0, 0.05) is 29.8 Å². The molecule has 23 heavy (non-hydrogen) atoms. The quantitative estimate of drug-likeness (QED) is 0.799. The number of carbonyl (C=O) groups excluding carboxylic acids is 1. The van der Waals surface area contributed by atoms with Gasteiger partial charge >= 0.3 is 0 Å². The molecule has 0 fully saturated rings. The van der Waals surface area contributed by atoms with Crippen molar-refractivity contribution in [3.8, 4) is 5.82 Å². The Kier molecular flexibility index (Phi) is 5.63. The lowest BCUT2D eigenvalue weighted by Crippen LogP contribution is -2.12. The number of nitrogens with one attached hydrogen (secondary N) is 1. The van der Waals surface area contributed by atoms with E-state index in [1.807, 2.05) is 45.0 Å². The minimum absolute atomic E-state index is 0.163. The van der Waals surface area contributed by atoms with Gasteiger partial charge in [-0.3, -0.25) is 9.36 Å². The molecule has 5 heteroatoms. The molecule has 0 aliphatic rings. The lowest BCUT2D eigenvalue weighted by molar-refractivity contribution is 0.102. The number of hydrogen-bond acceptors (Lipinski definition) is 3. The molecule has 1 N–H and O–H groups in total. The smallest absolute Gasteiger partial charge is 0.255 e. The van der Waals surface area contributed by atoms with Gasteiger partial charge in [0.05, 0.1) is 0 Å². The van der Waals surface area contributed by atoms with Gasteiger partial charge in [0.2, 0.25) is 0 Å². The van der Waals surface area contributed by atoms with Crippen LogP contribution in [-0.2, 0) is 0 Å². The van der Waals surface area contributed by atoms with E-state index in [0.717, 1.165) is 11.3 Å². The molecule has 0 bridgehead atoms. The zero-order valence-electron chi connectivity index (χ0n) is 13.5. The van der Waals surface area contributed by atoms with Crippen molar-refractivity contribution in [3.63, 3.8) is 0 Å². The third-order valence-corrected chi connectivity index (χ3v) is 3.05. The molecule has 5 nitrogen and oxygen atoms in total. The average molecular weight is 308 g/mol. The van der Waals surface area contributed by atoms with Crippen LogP contribution in [0.1, 0.15) is 29.8 Å². The van der Waals surface area contributed by atoms with Crippen LogP contribution in [0, 0.1) is 6.92 Å². The average Bonchev–Trinajstić information content (AvgIpc) is 3.11. The number of amides is 1. The maximum Gasteiger partial charge on any atom is 0.255 e. The minimum Gasteiger partial charge on any atom is -0.322 e. The first-order valence-corrected chi connectivity index (χ1v) is 7.55. The molecule has 0 aliphatic carbocycles. The van der Waals surface area contributed by atoms with E-state index in [1.165, 1.54) is 0 Å². The van der Waals surface area contributed by atoms with E-state index in [4.69, 9.17) is 0 Å². The second-order valence-corrected chi connectivity index (χ2v) is 4.70. The van der Waals surface area contributed by atoms with Gasteiger partial charge in [0.15, 0.2) is 0 Å². The number of carbonyl (C=O) groups is 1. The molecule has 3 rings (SSSR count). The lowest BCUT2D eigenvalue weighted by Gasteiger charge is -2.07. The molecule has 1 amide bonds. The normalized spacial score (nSPS) is 9.70. The highest BCUT2D eigenvalue weighted by atomic mass is 16.1. The number of benzene rings is 1. The highest BCUT2D eigenvalue weighted by Gasteiger charge is 2.08. The van der Waals surface area contributed by atoms with Gasteiger partial charge in [0.1, 0.15) is 12.1 Å². The molecular weight excluding hydrogens is 288 g/mol. The molecule has 1 aromatic carbocycles. The highest BCUT2D eigenvalue weighted by molar-refractivity contribution is 6.04. The molecule has 0 saturated heterocycles. The summed E-state index contributed by atoms with van der Waals surface area (Å²) < 4.78 is 1.75. The zero-order chi connectivity index (χ0) is 16.7. The highest BCUT2D eigenvalue weighted by Crippen LogP contribution is 2.13. The monoisotopic (exact) mass is 308 g/mol. The Hall–Kier alpha value is -2.95. The second-order valence-electron chi connectivity index (χ2n) is 4.70. The van der Waals surface area contributed by atoms with Crippen LogP contribution in [0.15, 0.2) is 61.3 Å². The summed E-state index contributed by atoms with van der Waals surface area (Å²) >= 11 is 0. The number of pyridine rings is 1. The summed E-state index contributed by atoms with van der Waals surface area (Å²) in [6, 6.07) is 11.1. The molecule has 2 aromatic heterocycles. The van der Waals surface area contributed by atoms with Crippen molar-refractivity contribution < 1.29 is 4.79 Å². The van der Waals surface area contributed by atoms with Gasteiger partial charge in [-0.25, -0.2) is 9.97 Å². The Morgan fingerprint density at radius 1 is 1.13 bits per heavy atom. The SMILES string of the molecule is CC.Cc1cccc(NC(=O)c2ccnc(-n3ccnc3)c2)c1. The number of rotatable bonds is 3. The van der Waals surface area contributed by atoms with E-state index in [9.17, 15) is 4.79 Å². The van der Waals surface area contributed by atoms with E-state index in [0.29, 0.717) is 11.4 Å². The molecule has 118 valence electrons. The minimum atomic E-state index is -0.163. The van der Waals surface area contributed by atoms with Crippen LogP contribution in [0.25, 0.3) is 5.82 Å². The molecule has 0 spiro atoms. The molecule has 2 heterocycles. The Labute approximate surface area is 136 Å². The lowest BCUT2D eigenvalue weighted by atomic mass is 10.2. The largest absolute Gasteiger partial charge is 0.322 e. The standard InChI is InChI=1S/C16H14N4O.C2H6/c1-12-3-2-4-14(9-12)19-16(21)13-5-6-18-15(10-13)20-8-7-17-11-20;1-2/h2-11H,1H3,(H,19,21);1-2H3. The van der Waals surface area contributed by atoms with Crippen molar-refractivity contribution >= 4 is 11.6 Å². The van der Waals surface area contributed by atoms with Crippen molar-refractivity contribution in [1.82, 2.24) is 14.5 Å². The Morgan fingerprint density at radius 2 is 1.96 bits per heavy atom. The summed E-state index contributed by atoms with van der Waals surface area (Å²) in [5.41, 5.74) is 2.43. The van der Waals surface area contributed by atoms with Gasteiger partial charge in [0.25, 0.3) is 5.91 Å². The molecule has 0 unspecified atom stereocenters. The fraction of sp³-hybridized carbons (Fsp3) is 0.167. The number of aromatic nitrogens is 3. The van der Waals surface area contributed by atoms with E-state index >= 15 is 0 Å². The third-order valence-electron chi connectivity index (χ3n) is 3.05. The first-order chi connectivity index (χ1) is 11.2. The molecular formula is C18H20N4O. The zero-order valence-corrected chi connectivity index (χ0v) is 13.5. The number of imidazole rings is 1. The maximum atomic E-state index is 12.3. The van der Waals surface area contributed by atoms with Crippen molar-refractivity contribution in [1.29, 1.82) is 0 Å². The topological polar surface area (TPSA) is 59.8 Å². The van der Waals surface area contributed by atoms with Crippen molar-refractivity contribution in [3.05, 3.63) is 72.4 Å². The van der Waals surface area contributed by atoms with Crippen LogP contribution in [0.4, 0.5) is 5.69 Å². The fourth-order valence-corrected chi connectivity index (χ4v) is 2.02. The number of hydrogen-bond donors (Lipinski definition) is 1. The molecule has 3 aromatic rings. The van der Waals surface area contributed by atoms with Crippen molar-refractivity contribution in [2.45, 2.75) is 20.8 Å². The molecule has 0 atom stereocenters. The molecule has 0 aliphatic heterocycles. The van der Waals surface area contributed by atoms with E-state index < -0.39 is 0 Å². The van der Waals surface area contributed by atoms with Gasteiger partial charge in [-0.05, 0) is 36.8 Å². The Morgan fingerprint density at radius 3 is 2.65 bits per heavy atom. The molecule has 0 radical (unpaired) electrons. The first-order valence-electron chi connectivity index (χ1n) is 7.55. The van der Waals surface area contributed by atoms with Crippen LogP contribution in [0.2, 0.25) is 0 Å². The van der Waals surface area contributed by atoms with Crippen LogP contribution in [-0.4, -0.2) is 20.4 Å². The van der Waals surface area contributed by atoms with Crippen LogP contribution < -0.4 is 5.32 Å². The first kappa shape index (κ1) is 16.4. The summed E-state index contributed by atoms with van der Waals surface area (Å²) in [6.07, 6.45) is 6.71. The summed E-state index contributed by atoms with van der Waals surface area (Å²) in [4.78, 5) is 20.5. The third kappa shape index (κ3) is 4.26. The number of nitrogens with zero attached hydrogens (tertiary/aromatic N) is 3. The van der Waals surface area contributed by atoms with Crippen molar-refractivity contribution in [2.24, 2.45) is 0 Å². The second kappa shape index (κ2) is 7.89. The van der Waals surface area contributed by atoms with Crippen molar-refractivity contribution in [2.75, 3.05) is 5.32 Å². The van der Waals surface area contributed by atoms with E-state index in [-0.39, 0.29) is 5.91 Å². The summed E-state index contributed by atoms with van der Waals surface area (Å²) in [5, 5.41) is 2.88. The van der Waals surface area contributed by atoms with Gasteiger partial charge in [-0.2, -0.15) is 0 Å². The van der Waals surface area contributed by atoms with Crippen LogP contribution in [0.5, 0.6) is 0 Å². The van der Waals surface area contributed by atoms with Gasteiger partial charge in [-0.15, -0.1) is 0 Å². The van der Waals surface area contributed by atoms with E-state index in [2.05, 4.69) is 15.3 Å². The summed E-state index contributed by atoms with van der Waals surface area (Å²) in [5.74, 6) is 0.494. The van der Waals surface area contributed by atoms with Crippen LogP contribution in [0.3, 0.4) is 0 Å². The van der Waals surface area contributed by atoms with E-state index in [1.54, 1.807) is 41.6 Å². The predicted molar refractivity (Wildman–Crippen MR) is 91.8 cm³/mol. The predicted octanol–water partition coefficient (Wildman–Crippen LogP) is 3.85. The van der Waals surface area contributed by atoms with Crippen LogP contribution >= 0.6 is 0 Å². The van der Waals surface area contributed by atoms with Gasteiger partial charge in [-0.1, -0.05) is 26.0 Å².